The molecule has 0 aliphatic heterocycles. The van der Waals surface area contributed by atoms with Crippen molar-refractivity contribution in [1.29, 1.82) is 0 Å². The topological polar surface area (TPSA) is 24.9 Å². The highest BCUT2D eigenvalue weighted by atomic mass is 35.5. The van der Waals surface area contributed by atoms with Crippen LogP contribution in [0.5, 0.6) is 0 Å². The van der Waals surface area contributed by atoms with Gasteiger partial charge >= 0.3 is 0 Å². The number of rotatable bonds is 4. The molecule has 2 nitrogen and oxygen atoms in total. The van der Waals surface area contributed by atoms with Crippen LogP contribution in [0, 0.1) is 5.92 Å². The maximum atomic E-state index is 6.29. The summed E-state index contributed by atoms with van der Waals surface area (Å²) < 4.78 is 0. The van der Waals surface area contributed by atoms with Gasteiger partial charge in [0.05, 0.1) is 5.02 Å². The lowest BCUT2D eigenvalue weighted by atomic mass is 9.77. The Bertz CT molecular complexity index is 612. The summed E-state index contributed by atoms with van der Waals surface area (Å²) in [5.74, 6) is 0.583. The molecule has 1 heterocycles. The summed E-state index contributed by atoms with van der Waals surface area (Å²) in [6.07, 6.45) is 6.95. The molecule has 0 bridgehead atoms. The molecule has 0 fully saturated rings. The Hall–Kier alpha value is -1.38. The largest absolute Gasteiger partial charge is 0.310 e. The minimum absolute atomic E-state index is 0.421. The normalized spacial score (nSPS) is 21.0. The standard InChI is InChI=1S/C18H21ClN2/c1-2-21-18-15(11-14-9-10-20-12-17(14)19)8-7-13-5-3-4-6-16(13)18/h3-6,9-10,12,15,18,21H,2,7-8,11H2,1H3. The fourth-order valence-electron chi connectivity index (χ4n) is 3.40. The molecule has 0 saturated carbocycles. The molecule has 0 spiro atoms. The highest BCUT2D eigenvalue weighted by Gasteiger charge is 2.29. The van der Waals surface area contributed by atoms with E-state index in [1.54, 1.807) is 6.20 Å². The van der Waals surface area contributed by atoms with Gasteiger partial charge in [-0.05, 0) is 54.5 Å². The zero-order chi connectivity index (χ0) is 14.7. The monoisotopic (exact) mass is 300 g/mol. The molecule has 0 radical (unpaired) electrons. The highest BCUT2D eigenvalue weighted by Crippen LogP contribution is 2.37. The van der Waals surface area contributed by atoms with E-state index in [-0.39, 0.29) is 0 Å². The second-order valence-corrected chi connectivity index (χ2v) is 6.11. The van der Waals surface area contributed by atoms with Crippen LogP contribution in [0.2, 0.25) is 5.02 Å². The second-order valence-electron chi connectivity index (χ2n) is 5.70. The lowest BCUT2D eigenvalue weighted by Gasteiger charge is -2.34. The van der Waals surface area contributed by atoms with Gasteiger partial charge in [0.25, 0.3) is 0 Å². The second kappa shape index (κ2) is 6.59. The first-order chi connectivity index (χ1) is 10.3. The SMILES string of the molecule is CCNC1c2ccccc2CCC1Cc1ccncc1Cl. The number of fused-ring (bicyclic) bond motifs is 1. The summed E-state index contributed by atoms with van der Waals surface area (Å²) in [6, 6.07) is 11.3. The van der Waals surface area contributed by atoms with Gasteiger partial charge in [-0.2, -0.15) is 0 Å². The third-order valence-electron chi connectivity index (χ3n) is 4.41. The molecule has 21 heavy (non-hydrogen) atoms. The molecule has 1 aliphatic carbocycles. The summed E-state index contributed by atoms with van der Waals surface area (Å²) in [7, 11) is 0. The van der Waals surface area contributed by atoms with Crippen molar-refractivity contribution in [2.45, 2.75) is 32.2 Å². The Morgan fingerprint density at radius 2 is 2.14 bits per heavy atom. The lowest BCUT2D eigenvalue weighted by Crippen LogP contribution is -2.33. The van der Waals surface area contributed by atoms with Gasteiger partial charge < -0.3 is 5.32 Å². The Balaban J connectivity index is 1.87. The number of nitrogens with one attached hydrogen (secondary N) is 1. The molecule has 2 unspecified atom stereocenters. The van der Waals surface area contributed by atoms with Crippen LogP contribution in [0.25, 0.3) is 0 Å². The van der Waals surface area contributed by atoms with E-state index in [1.165, 1.54) is 23.1 Å². The van der Waals surface area contributed by atoms with E-state index in [9.17, 15) is 0 Å². The molecular formula is C18H21ClN2. The van der Waals surface area contributed by atoms with Gasteiger partial charge in [0.1, 0.15) is 0 Å². The van der Waals surface area contributed by atoms with Crippen LogP contribution in [-0.4, -0.2) is 11.5 Å². The zero-order valence-electron chi connectivity index (χ0n) is 12.3. The van der Waals surface area contributed by atoms with Crippen LogP contribution in [-0.2, 0) is 12.8 Å². The predicted molar refractivity (Wildman–Crippen MR) is 87.6 cm³/mol. The van der Waals surface area contributed by atoms with Crippen LogP contribution in [0.1, 0.15) is 36.1 Å². The van der Waals surface area contributed by atoms with E-state index >= 15 is 0 Å². The van der Waals surface area contributed by atoms with E-state index in [2.05, 4.69) is 41.5 Å². The fraction of sp³-hybridized carbons (Fsp3) is 0.389. The van der Waals surface area contributed by atoms with E-state index in [4.69, 9.17) is 11.6 Å². The van der Waals surface area contributed by atoms with Crippen molar-refractivity contribution in [1.82, 2.24) is 10.3 Å². The minimum Gasteiger partial charge on any atom is -0.310 e. The maximum Gasteiger partial charge on any atom is 0.0621 e. The first-order valence-corrected chi connectivity index (χ1v) is 8.07. The Morgan fingerprint density at radius 1 is 1.29 bits per heavy atom. The molecule has 1 N–H and O–H groups in total. The molecule has 0 amide bonds. The molecule has 2 atom stereocenters. The van der Waals surface area contributed by atoms with Crippen molar-refractivity contribution in [2.75, 3.05) is 6.54 Å². The van der Waals surface area contributed by atoms with Crippen LogP contribution in [0.3, 0.4) is 0 Å². The van der Waals surface area contributed by atoms with Crippen LogP contribution in [0.15, 0.2) is 42.7 Å². The summed E-state index contributed by atoms with van der Waals surface area (Å²) in [4.78, 5) is 4.08. The van der Waals surface area contributed by atoms with Crippen LogP contribution >= 0.6 is 11.6 Å². The number of nitrogens with zero attached hydrogens (tertiary/aromatic N) is 1. The number of benzene rings is 1. The molecular weight excluding hydrogens is 280 g/mol. The van der Waals surface area contributed by atoms with Gasteiger partial charge in [-0.25, -0.2) is 0 Å². The van der Waals surface area contributed by atoms with E-state index < -0.39 is 0 Å². The van der Waals surface area contributed by atoms with Gasteiger partial charge in [-0.15, -0.1) is 0 Å². The number of hydrogen-bond acceptors (Lipinski definition) is 2. The summed E-state index contributed by atoms with van der Waals surface area (Å²) >= 11 is 6.29. The average Bonchev–Trinajstić information content (AvgIpc) is 2.52. The van der Waals surface area contributed by atoms with Crippen molar-refractivity contribution >= 4 is 11.6 Å². The van der Waals surface area contributed by atoms with Gasteiger partial charge in [-0.1, -0.05) is 42.8 Å². The van der Waals surface area contributed by atoms with Crippen molar-refractivity contribution in [2.24, 2.45) is 5.92 Å². The maximum absolute atomic E-state index is 6.29. The number of aromatic nitrogens is 1. The molecule has 1 aromatic heterocycles. The lowest BCUT2D eigenvalue weighted by molar-refractivity contribution is 0.323. The third-order valence-corrected chi connectivity index (χ3v) is 4.75. The number of halogens is 1. The van der Waals surface area contributed by atoms with Crippen molar-refractivity contribution in [3.63, 3.8) is 0 Å². The summed E-state index contributed by atoms with van der Waals surface area (Å²) in [5.41, 5.74) is 4.15. The Morgan fingerprint density at radius 3 is 2.95 bits per heavy atom. The van der Waals surface area contributed by atoms with Gasteiger partial charge in [-0.3, -0.25) is 4.98 Å². The smallest absolute Gasteiger partial charge is 0.0621 e. The van der Waals surface area contributed by atoms with E-state index in [1.807, 2.05) is 12.3 Å². The summed E-state index contributed by atoms with van der Waals surface area (Å²) in [6.45, 7) is 3.16. The first kappa shape index (κ1) is 14.6. The number of pyridine rings is 1. The van der Waals surface area contributed by atoms with Crippen molar-refractivity contribution in [3.05, 3.63) is 64.4 Å². The summed E-state index contributed by atoms with van der Waals surface area (Å²) in [5, 5.41) is 4.46. The number of aryl methyl sites for hydroxylation is 1. The molecule has 3 heteroatoms. The van der Waals surface area contributed by atoms with Gasteiger partial charge in [0, 0.05) is 18.4 Å². The zero-order valence-corrected chi connectivity index (χ0v) is 13.1. The first-order valence-electron chi connectivity index (χ1n) is 7.69. The quantitative estimate of drug-likeness (QED) is 0.916. The van der Waals surface area contributed by atoms with E-state index in [0.717, 1.165) is 24.4 Å². The van der Waals surface area contributed by atoms with Crippen molar-refractivity contribution < 1.29 is 0 Å². The van der Waals surface area contributed by atoms with Gasteiger partial charge in [0.15, 0.2) is 0 Å². The van der Waals surface area contributed by atoms with Crippen LogP contribution < -0.4 is 5.32 Å². The molecule has 1 aliphatic rings. The fourth-order valence-corrected chi connectivity index (χ4v) is 3.59. The number of hydrogen-bond donors (Lipinski definition) is 1. The van der Waals surface area contributed by atoms with Gasteiger partial charge in [0.2, 0.25) is 0 Å². The van der Waals surface area contributed by atoms with Crippen molar-refractivity contribution in [3.8, 4) is 0 Å². The third kappa shape index (κ3) is 3.12. The Labute approximate surface area is 131 Å². The highest BCUT2D eigenvalue weighted by molar-refractivity contribution is 6.31. The van der Waals surface area contributed by atoms with Crippen LogP contribution in [0.4, 0.5) is 0 Å². The molecule has 110 valence electrons. The Kier molecular flexibility index (Phi) is 4.57. The molecule has 3 rings (SSSR count). The average molecular weight is 301 g/mol. The molecule has 0 saturated heterocycles. The van der Waals surface area contributed by atoms with E-state index in [0.29, 0.717) is 12.0 Å². The minimum atomic E-state index is 0.421. The molecule has 2 aromatic rings. The predicted octanol–water partition coefficient (Wildman–Crippen LogP) is 4.19. The molecule has 1 aromatic carbocycles.